The Kier molecular flexibility index (Phi) is 4.54. The molecule has 0 aliphatic rings. The molecule has 2 aromatic heterocycles. The molecule has 5 nitrogen and oxygen atoms in total. The van der Waals surface area contributed by atoms with Crippen LogP contribution < -0.4 is 10.9 Å². The van der Waals surface area contributed by atoms with Gasteiger partial charge in [-0.15, -0.1) is 0 Å². The summed E-state index contributed by atoms with van der Waals surface area (Å²) in [5.74, 6) is -0.264. The Morgan fingerprint density at radius 2 is 1.61 bits per heavy atom. The van der Waals surface area contributed by atoms with Gasteiger partial charge >= 0.3 is 0 Å². The van der Waals surface area contributed by atoms with Crippen LogP contribution in [-0.2, 0) is 0 Å². The number of aromatic nitrogens is 3. The summed E-state index contributed by atoms with van der Waals surface area (Å²) < 4.78 is 13.0. The SMILES string of the molecule is Fc1ccc(/C=C(/NNc2cncnc2)c2ccncc2)cc1. The van der Waals surface area contributed by atoms with E-state index in [0.717, 1.165) is 22.5 Å². The van der Waals surface area contributed by atoms with Crippen molar-refractivity contribution in [2.75, 3.05) is 5.43 Å². The molecule has 0 bridgehead atoms. The molecule has 2 heterocycles. The Morgan fingerprint density at radius 3 is 2.30 bits per heavy atom. The fraction of sp³-hybridized carbons (Fsp3) is 0. The summed E-state index contributed by atoms with van der Waals surface area (Å²) in [6, 6.07) is 10.0. The standard InChI is InChI=1S/C17H14FN5/c18-15-3-1-13(2-4-15)9-17(14-5-7-19-8-6-14)23-22-16-10-20-12-21-11-16/h1-12,22-23H/b17-9+. The first kappa shape index (κ1) is 14.6. The van der Waals surface area contributed by atoms with Gasteiger partial charge in [-0.2, -0.15) is 0 Å². The summed E-state index contributed by atoms with van der Waals surface area (Å²) in [4.78, 5) is 11.9. The number of hydrogen-bond donors (Lipinski definition) is 2. The monoisotopic (exact) mass is 307 g/mol. The number of nitrogens with one attached hydrogen (secondary N) is 2. The fourth-order valence-electron chi connectivity index (χ4n) is 1.95. The molecule has 3 rings (SSSR count). The first-order valence-electron chi connectivity index (χ1n) is 6.96. The Hall–Kier alpha value is -3.28. The Bertz CT molecular complexity index is 773. The van der Waals surface area contributed by atoms with Crippen molar-refractivity contribution in [3.63, 3.8) is 0 Å². The van der Waals surface area contributed by atoms with Gasteiger partial charge in [-0.3, -0.25) is 10.4 Å². The molecule has 0 unspecified atom stereocenters. The van der Waals surface area contributed by atoms with E-state index in [4.69, 9.17) is 0 Å². The highest BCUT2D eigenvalue weighted by Crippen LogP contribution is 2.16. The average molecular weight is 307 g/mol. The van der Waals surface area contributed by atoms with E-state index in [1.807, 2.05) is 18.2 Å². The smallest absolute Gasteiger partial charge is 0.123 e. The van der Waals surface area contributed by atoms with Crippen molar-refractivity contribution in [1.29, 1.82) is 0 Å². The predicted octanol–water partition coefficient (Wildman–Crippen LogP) is 3.13. The summed E-state index contributed by atoms with van der Waals surface area (Å²) >= 11 is 0. The third-order valence-corrected chi connectivity index (χ3v) is 3.07. The molecule has 2 N–H and O–H groups in total. The van der Waals surface area contributed by atoms with E-state index >= 15 is 0 Å². The van der Waals surface area contributed by atoms with Gasteiger partial charge in [0.15, 0.2) is 0 Å². The Morgan fingerprint density at radius 1 is 0.913 bits per heavy atom. The number of rotatable bonds is 5. The van der Waals surface area contributed by atoms with E-state index in [1.54, 1.807) is 36.9 Å². The lowest BCUT2D eigenvalue weighted by Gasteiger charge is -2.13. The second-order valence-electron chi connectivity index (χ2n) is 4.72. The van der Waals surface area contributed by atoms with E-state index in [0.29, 0.717) is 0 Å². The van der Waals surface area contributed by atoms with Crippen LogP contribution in [0.3, 0.4) is 0 Å². The van der Waals surface area contributed by atoms with Gasteiger partial charge in [0.1, 0.15) is 12.1 Å². The van der Waals surface area contributed by atoms with Gasteiger partial charge in [-0.25, -0.2) is 14.4 Å². The second-order valence-corrected chi connectivity index (χ2v) is 4.72. The zero-order valence-electron chi connectivity index (χ0n) is 12.1. The lowest BCUT2D eigenvalue weighted by Crippen LogP contribution is -2.20. The van der Waals surface area contributed by atoms with E-state index in [-0.39, 0.29) is 5.82 Å². The molecule has 0 spiro atoms. The molecule has 1 aromatic carbocycles. The third-order valence-electron chi connectivity index (χ3n) is 3.07. The first-order chi connectivity index (χ1) is 11.3. The second kappa shape index (κ2) is 7.13. The predicted molar refractivity (Wildman–Crippen MR) is 87.3 cm³/mol. The summed E-state index contributed by atoms with van der Waals surface area (Å²) in [7, 11) is 0. The van der Waals surface area contributed by atoms with Gasteiger partial charge in [0.25, 0.3) is 0 Å². The van der Waals surface area contributed by atoms with Crippen molar-refractivity contribution < 1.29 is 4.39 Å². The normalized spacial score (nSPS) is 11.1. The summed E-state index contributed by atoms with van der Waals surface area (Å²) in [5.41, 5.74) is 9.51. The molecule has 0 aliphatic heterocycles. The molecular formula is C17H14FN5. The van der Waals surface area contributed by atoms with Crippen molar-refractivity contribution in [3.05, 3.63) is 84.5 Å². The molecule has 0 fully saturated rings. The van der Waals surface area contributed by atoms with Crippen LogP contribution in [0.1, 0.15) is 11.1 Å². The maximum absolute atomic E-state index is 13.0. The highest BCUT2D eigenvalue weighted by molar-refractivity contribution is 5.80. The van der Waals surface area contributed by atoms with Crippen LogP contribution in [0.25, 0.3) is 11.8 Å². The maximum atomic E-state index is 13.0. The highest BCUT2D eigenvalue weighted by Gasteiger charge is 2.02. The molecule has 114 valence electrons. The molecule has 0 saturated heterocycles. The molecule has 0 amide bonds. The number of halogens is 1. The average Bonchev–Trinajstić information content (AvgIpc) is 2.62. The van der Waals surface area contributed by atoms with Gasteiger partial charge in [0.2, 0.25) is 0 Å². The van der Waals surface area contributed by atoms with Gasteiger partial charge in [-0.1, -0.05) is 12.1 Å². The van der Waals surface area contributed by atoms with Crippen LogP contribution in [0.5, 0.6) is 0 Å². The van der Waals surface area contributed by atoms with Crippen LogP contribution >= 0.6 is 0 Å². The zero-order chi connectivity index (χ0) is 15.9. The van der Waals surface area contributed by atoms with Crippen LogP contribution in [-0.4, -0.2) is 15.0 Å². The zero-order valence-corrected chi connectivity index (χ0v) is 12.1. The number of pyridine rings is 1. The van der Waals surface area contributed by atoms with E-state index in [9.17, 15) is 4.39 Å². The van der Waals surface area contributed by atoms with Crippen molar-refractivity contribution in [2.45, 2.75) is 0 Å². The van der Waals surface area contributed by atoms with E-state index in [2.05, 4.69) is 25.8 Å². The first-order valence-corrected chi connectivity index (χ1v) is 6.96. The topological polar surface area (TPSA) is 62.7 Å². The van der Waals surface area contributed by atoms with Crippen LogP contribution in [0.4, 0.5) is 10.1 Å². The summed E-state index contributed by atoms with van der Waals surface area (Å²) in [5, 5.41) is 0. The molecular weight excluding hydrogens is 293 g/mol. The number of anilines is 1. The molecule has 0 atom stereocenters. The minimum Gasteiger partial charge on any atom is -0.300 e. The molecule has 3 aromatic rings. The molecule has 0 radical (unpaired) electrons. The van der Waals surface area contributed by atoms with Gasteiger partial charge in [0, 0.05) is 18.0 Å². The third kappa shape index (κ3) is 4.10. The van der Waals surface area contributed by atoms with E-state index < -0.39 is 0 Å². The fourth-order valence-corrected chi connectivity index (χ4v) is 1.95. The lowest BCUT2D eigenvalue weighted by atomic mass is 10.1. The largest absolute Gasteiger partial charge is 0.300 e. The Labute approximate surface area is 132 Å². The van der Waals surface area contributed by atoms with Crippen molar-refractivity contribution in [1.82, 2.24) is 20.4 Å². The van der Waals surface area contributed by atoms with Crippen molar-refractivity contribution >= 4 is 17.5 Å². The van der Waals surface area contributed by atoms with E-state index in [1.165, 1.54) is 18.5 Å². The van der Waals surface area contributed by atoms with Gasteiger partial charge in [0.05, 0.1) is 23.8 Å². The van der Waals surface area contributed by atoms with Crippen molar-refractivity contribution in [2.24, 2.45) is 0 Å². The van der Waals surface area contributed by atoms with Crippen LogP contribution in [0, 0.1) is 5.82 Å². The number of benzene rings is 1. The number of nitrogens with zero attached hydrogens (tertiary/aromatic N) is 3. The van der Waals surface area contributed by atoms with Crippen molar-refractivity contribution in [3.8, 4) is 0 Å². The number of hydrogen-bond acceptors (Lipinski definition) is 5. The molecule has 0 aliphatic carbocycles. The summed E-state index contributed by atoms with van der Waals surface area (Å²) in [6.07, 6.45) is 10.1. The summed E-state index contributed by atoms with van der Waals surface area (Å²) in [6.45, 7) is 0. The van der Waals surface area contributed by atoms with Gasteiger partial charge in [-0.05, 0) is 35.9 Å². The van der Waals surface area contributed by atoms with Gasteiger partial charge < -0.3 is 5.43 Å². The molecule has 23 heavy (non-hydrogen) atoms. The minimum atomic E-state index is -0.264. The molecule has 6 heteroatoms. The Balaban J connectivity index is 1.86. The lowest BCUT2D eigenvalue weighted by molar-refractivity contribution is 0.628. The highest BCUT2D eigenvalue weighted by atomic mass is 19.1. The minimum absolute atomic E-state index is 0.264. The van der Waals surface area contributed by atoms with Crippen LogP contribution in [0.2, 0.25) is 0 Å². The number of hydrazine groups is 1. The molecule has 0 saturated carbocycles. The maximum Gasteiger partial charge on any atom is 0.123 e. The van der Waals surface area contributed by atoms with Crippen LogP contribution in [0.15, 0.2) is 67.5 Å². The quantitative estimate of drug-likeness (QED) is 0.709.